The zero-order valence-corrected chi connectivity index (χ0v) is 11.7. The fraction of sp³-hybridized carbons (Fsp3) is 0.500. The number of pyridine rings is 1. The van der Waals surface area contributed by atoms with Gasteiger partial charge in [0.2, 0.25) is 5.56 Å². The van der Waals surface area contributed by atoms with Gasteiger partial charge in [-0.05, 0) is 18.0 Å². The molecule has 0 spiro atoms. The minimum atomic E-state index is -0.216. The molecule has 0 saturated heterocycles. The number of aromatic nitrogens is 1. The van der Waals surface area contributed by atoms with Crippen LogP contribution < -0.4 is 11.3 Å². The highest BCUT2D eigenvalue weighted by atomic mass is 35.5. The summed E-state index contributed by atoms with van der Waals surface area (Å²) in [4.78, 5) is 27.0. The highest BCUT2D eigenvalue weighted by Gasteiger charge is 2.21. The van der Waals surface area contributed by atoms with Crippen molar-refractivity contribution < 1.29 is 4.79 Å². The SMILES string of the molecule is CN(CC(C)(C)CN)C(=O)c1ccc(=O)[nH]c1.Cl. The fourth-order valence-electron chi connectivity index (χ4n) is 1.54. The molecule has 0 bridgehead atoms. The minimum Gasteiger partial charge on any atom is -0.341 e. The summed E-state index contributed by atoms with van der Waals surface area (Å²) in [5, 5.41) is 0. The van der Waals surface area contributed by atoms with Crippen molar-refractivity contribution in [3.63, 3.8) is 0 Å². The maximum Gasteiger partial charge on any atom is 0.255 e. The van der Waals surface area contributed by atoms with Crippen molar-refractivity contribution in [2.45, 2.75) is 13.8 Å². The van der Waals surface area contributed by atoms with Crippen LogP contribution in [0.3, 0.4) is 0 Å². The average molecular weight is 274 g/mol. The molecule has 0 aliphatic heterocycles. The Hall–Kier alpha value is -1.33. The molecule has 5 nitrogen and oxygen atoms in total. The van der Waals surface area contributed by atoms with Gasteiger partial charge < -0.3 is 15.6 Å². The number of nitrogens with two attached hydrogens (primary N) is 1. The maximum absolute atomic E-state index is 12.0. The lowest BCUT2D eigenvalue weighted by atomic mass is 9.93. The molecule has 1 aromatic rings. The lowest BCUT2D eigenvalue weighted by Gasteiger charge is -2.29. The van der Waals surface area contributed by atoms with Gasteiger partial charge in [0.25, 0.3) is 5.91 Å². The van der Waals surface area contributed by atoms with Crippen molar-refractivity contribution in [2.75, 3.05) is 20.1 Å². The third kappa shape index (κ3) is 4.50. The van der Waals surface area contributed by atoms with Crippen LogP contribution in [0.5, 0.6) is 0 Å². The van der Waals surface area contributed by atoms with E-state index in [-0.39, 0.29) is 29.3 Å². The van der Waals surface area contributed by atoms with Gasteiger partial charge in [0.1, 0.15) is 0 Å². The number of amides is 1. The Kier molecular flexibility index (Phi) is 6.08. The van der Waals surface area contributed by atoms with Crippen LogP contribution in [0, 0.1) is 5.41 Å². The molecule has 18 heavy (non-hydrogen) atoms. The molecule has 0 unspecified atom stereocenters. The molecule has 102 valence electrons. The summed E-state index contributed by atoms with van der Waals surface area (Å²) in [6, 6.07) is 2.86. The number of carbonyl (C=O) groups is 1. The largest absolute Gasteiger partial charge is 0.341 e. The van der Waals surface area contributed by atoms with E-state index in [0.717, 1.165) is 0 Å². The van der Waals surface area contributed by atoms with E-state index in [4.69, 9.17) is 5.73 Å². The molecule has 0 aliphatic rings. The number of halogens is 1. The Morgan fingerprint density at radius 2 is 2.06 bits per heavy atom. The lowest BCUT2D eigenvalue weighted by molar-refractivity contribution is 0.0740. The highest BCUT2D eigenvalue weighted by molar-refractivity contribution is 5.93. The zero-order chi connectivity index (χ0) is 13.1. The number of rotatable bonds is 4. The molecule has 0 aromatic carbocycles. The van der Waals surface area contributed by atoms with Gasteiger partial charge in [-0.2, -0.15) is 0 Å². The van der Waals surface area contributed by atoms with Crippen LogP contribution in [0.4, 0.5) is 0 Å². The van der Waals surface area contributed by atoms with E-state index >= 15 is 0 Å². The topological polar surface area (TPSA) is 79.2 Å². The number of nitrogens with zero attached hydrogens (tertiary/aromatic N) is 1. The molecule has 6 heteroatoms. The maximum atomic E-state index is 12.0. The van der Waals surface area contributed by atoms with Gasteiger partial charge in [0.15, 0.2) is 0 Å². The van der Waals surface area contributed by atoms with Gasteiger partial charge in [-0.1, -0.05) is 13.8 Å². The van der Waals surface area contributed by atoms with Gasteiger partial charge in [0, 0.05) is 25.9 Å². The van der Waals surface area contributed by atoms with E-state index in [2.05, 4.69) is 4.98 Å². The normalized spacial score (nSPS) is 10.7. The summed E-state index contributed by atoms with van der Waals surface area (Å²) < 4.78 is 0. The van der Waals surface area contributed by atoms with Crippen LogP contribution in [0.25, 0.3) is 0 Å². The third-order valence-corrected chi connectivity index (χ3v) is 2.60. The number of hydrogen-bond donors (Lipinski definition) is 2. The van der Waals surface area contributed by atoms with Crippen LogP contribution in [0.2, 0.25) is 0 Å². The molecule has 1 rings (SSSR count). The summed E-state index contributed by atoms with van der Waals surface area (Å²) in [6.07, 6.45) is 1.43. The number of H-pyrrole nitrogens is 1. The molecule has 3 N–H and O–H groups in total. The number of nitrogens with one attached hydrogen (secondary N) is 1. The molecule has 0 radical (unpaired) electrons. The van der Waals surface area contributed by atoms with Crippen molar-refractivity contribution in [1.82, 2.24) is 9.88 Å². The average Bonchev–Trinajstić information content (AvgIpc) is 2.28. The molecule has 1 heterocycles. The second kappa shape index (κ2) is 6.56. The highest BCUT2D eigenvalue weighted by Crippen LogP contribution is 2.15. The molecule has 0 fully saturated rings. The molecular formula is C12H20ClN3O2. The molecule has 1 amide bonds. The van der Waals surface area contributed by atoms with Gasteiger partial charge in [-0.25, -0.2) is 0 Å². The second-order valence-electron chi connectivity index (χ2n) is 4.97. The molecule has 1 aromatic heterocycles. The van der Waals surface area contributed by atoms with Crippen LogP contribution in [0.15, 0.2) is 23.1 Å². The van der Waals surface area contributed by atoms with Crippen molar-refractivity contribution >= 4 is 18.3 Å². The van der Waals surface area contributed by atoms with E-state index in [9.17, 15) is 9.59 Å². The van der Waals surface area contributed by atoms with Gasteiger partial charge in [-0.15, -0.1) is 12.4 Å². The fourth-order valence-corrected chi connectivity index (χ4v) is 1.54. The van der Waals surface area contributed by atoms with Crippen molar-refractivity contribution in [3.8, 4) is 0 Å². The minimum absolute atomic E-state index is 0. The predicted octanol–water partition coefficient (Wildman–Crippen LogP) is 0.854. The monoisotopic (exact) mass is 273 g/mol. The summed E-state index contributed by atoms with van der Waals surface area (Å²) >= 11 is 0. The van der Waals surface area contributed by atoms with Crippen molar-refractivity contribution in [1.29, 1.82) is 0 Å². The molecule has 0 aliphatic carbocycles. The number of carbonyl (C=O) groups excluding carboxylic acids is 1. The first-order valence-corrected chi connectivity index (χ1v) is 5.50. The molecule has 0 atom stereocenters. The van der Waals surface area contributed by atoms with Crippen LogP contribution >= 0.6 is 12.4 Å². The predicted molar refractivity (Wildman–Crippen MR) is 74.1 cm³/mol. The van der Waals surface area contributed by atoms with Crippen LogP contribution in [-0.4, -0.2) is 35.9 Å². The van der Waals surface area contributed by atoms with E-state index in [1.165, 1.54) is 18.3 Å². The zero-order valence-electron chi connectivity index (χ0n) is 10.9. The summed E-state index contributed by atoms with van der Waals surface area (Å²) in [7, 11) is 1.73. The lowest BCUT2D eigenvalue weighted by Crippen LogP contribution is -2.39. The Bertz CT molecular complexity index is 436. The van der Waals surface area contributed by atoms with Gasteiger partial charge >= 0.3 is 0 Å². The Morgan fingerprint density at radius 3 is 2.50 bits per heavy atom. The summed E-state index contributed by atoms with van der Waals surface area (Å²) in [5.41, 5.74) is 5.77. The van der Waals surface area contributed by atoms with E-state index in [1.54, 1.807) is 11.9 Å². The summed E-state index contributed by atoms with van der Waals surface area (Å²) in [5.74, 6) is -0.122. The number of aromatic amines is 1. The van der Waals surface area contributed by atoms with Crippen LogP contribution in [0.1, 0.15) is 24.2 Å². The van der Waals surface area contributed by atoms with E-state index in [0.29, 0.717) is 18.7 Å². The first kappa shape index (κ1) is 16.7. The summed E-state index contributed by atoms with van der Waals surface area (Å²) in [6.45, 7) is 5.09. The first-order valence-electron chi connectivity index (χ1n) is 5.50. The van der Waals surface area contributed by atoms with Crippen LogP contribution in [-0.2, 0) is 0 Å². The second-order valence-corrected chi connectivity index (χ2v) is 4.97. The van der Waals surface area contributed by atoms with E-state index < -0.39 is 0 Å². The Morgan fingerprint density at radius 1 is 1.44 bits per heavy atom. The van der Waals surface area contributed by atoms with Gasteiger partial charge in [-0.3, -0.25) is 9.59 Å². The van der Waals surface area contributed by atoms with Gasteiger partial charge in [0.05, 0.1) is 5.56 Å². The standard InChI is InChI=1S/C12H19N3O2.ClH/c1-12(2,7-13)8-15(3)11(17)9-4-5-10(16)14-6-9;/h4-6H,7-8,13H2,1-3H3,(H,14,16);1H. The van der Waals surface area contributed by atoms with E-state index in [1.807, 2.05) is 13.8 Å². The number of hydrogen-bond acceptors (Lipinski definition) is 3. The Labute approximate surface area is 113 Å². The molecule has 0 saturated carbocycles. The molecular weight excluding hydrogens is 254 g/mol. The Balaban J connectivity index is 0.00000289. The van der Waals surface area contributed by atoms with Crippen molar-refractivity contribution in [2.24, 2.45) is 11.1 Å². The third-order valence-electron chi connectivity index (χ3n) is 2.60. The smallest absolute Gasteiger partial charge is 0.255 e. The first-order chi connectivity index (χ1) is 7.85. The van der Waals surface area contributed by atoms with Crippen molar-refractivity contribution in [3.05, 3.63) is 34.2 Å². The quantitative estimate of drug-likeness (QED) is 0.854.